The number of rotatable bonds is 2. The van der Waals surface area contributed by atoms with Gasteiger partial charge in [0.25, 0.3) is 0 Å². The van der Waals surface area contributed by atoms with Crippen LogP contribution in [0.1, 0.15) is 23.2 Å². The van der Waals surface area contributed by atoms with Gasteiger partial charge in [0.05, 0.1) is 30.2 Å². The summed E-state index contributed by atoms with van der Waals surface area (Å²) in [6.45, 7) is 0. The molecule has 1 aromatic rings. The molecule has 0 saturated carbocycles. The second-order valence-corrected chi connectivity index (χ2v) is 5.21. The number of carbonyl (C=O) groups is 3. The molecular weight excluding hydrogens is 270 g/mol. The Kier molecular flexibility index (Phi) is 3.33. The van der Waals surface area contributed by atoms with Crippen LogP contribution in [0.25, 0.3) is 0 Å². The first-order valence-corrected chi connectivity index (χ1v) is 6.84. The average molecular weight is 285 g/mol. The van der Waals surface area contributed by atoms with Gasteiger partial charge in [-0.05, 0) is 31.0 Å². The number of allylic oxidation sites excluding steroid dienone is 2. The van der Waals surface area contributed by atoms with Crippen LogP contribution < -0.4 is 4.90 Å². The second kappa shape index (κ2) is 5.16. The maximum Gasteiger partial charge on any atom is 0.337 e. The van der Waals surface area contributed by atoms with Crippen molar-refractivity contribution >= 4 is 23.5 Å². The van der Waals surface area contributed by atoms with Crippen LogP contribution in [-0.4, -0.2) is 24.9 Å². The molecule has 1 heterocycles. The van der Waals surface area contributed by atoms with Crippen LogP contribution >= 0.6 is 0 Å². The van der Waals surface area contributed by atoms with Crippen molar-refractivity contribution in [2.75, 3.05) is 12.0 Å². The third-order valence-electron chi connectivity index (χ3n) is 4.03. The topological polar surface area (TPSA) is 63.7 Å². The number of hydrogen-bond donors (Lipinski definition) is 0. The number of esters is 1. The number of amides is 2. The lowest BCUT2D eigenvalue weighted by atomic mass is 9.85. The summed E-state index contributed by atoms with van der Waals surface area (Å²) in [7, 11) is 1.29. The first kappa shape index (κ1) is 13.5. The molecule has 0 aromatic heterocycles. The minimum Gasteiger partial charge on any atom is -0.465 e. The molecule has 1 aromatic carbocycles. The first-order chi connectivity index (χ1) is 10.1. The molecule has 1 aliphatic carbocycles. The summed E-state index contributed by atoms with van der Waals surface area (Å²) in [4.78, 5) is 37.7. The highest BCUT2D eigenvalue weighted by molar-refractivity contribution is 6.22. The number of carbonyl (C=O) groups excluding carboxylic acids is 3. The summed E-state index contributed by atoms with van der Waals surface area (Å²) < 4.78 is 4.66. The Morgan fingerprint density at radius 2 is 1.76 bits per heavy atom. The lowest BCUT2D eigenvalue weighted by Crippen LogP contribution is -2.31. The summed E-state index contributed by atoms with van der Waals surface area (Å²) in [5.74, 6) is -1.41. The Bertz CT molecular complexity index is 623. The minimum atomic E-state index is -0.491. The van der Waals surface area contributed by atoms with Crippen molar-refractivity contribution < 1.29 is 19.1 Å². The lowest BCUT2D eigenvalue weighted by molar-refractivity contribution is -0.122. The van der Waals surface area contributed by atoms with E-state index in [4.69, 9.17) is 0 Å². The molecule has 1 saturated heterocycles. The Labute approximate surface area is 122 Å². The van der Waals surface area contributed by atoms with Crippen LogP contribution in [-0.2, 0) is 14.3 Å². The minimum absolute atomic E-state index is 0.184. The van der Waals surface area contributed by atoms with E-state index < -0.39 is 5.97 Å². The SMILES string of the molecule is COC(=O)c1cccc(N2C(=O)[C@H]3CC=CC[C@@H]3C2=O)c1. The number of hydrogen-bond acceptors (Lipinski definition) is 4. The van der Waals surface area contributed by atoms with Gasteiger partial charge < -0.3 is 4.74 Å². The highest BCUT2D eigenvalue weighted by atomic mass is 16.5. The van der Waals surface area contributed by atoms with Gasteiger partial charge in [0.15, 0.2) is 0 Å². The predicted molar refractivity (Wildman–Crippen MR) is 75.6 cm³/mol. The summed E-state index contributed by atoms with van der Waals surface area (Å²) in [6.07, 6.45) is 5.09. The molecule has 5 heteroatoms. The van der Waals surface area contributed by atoms with Crippen LogP contribution in [0.2, 0.25) is 0 Å². The van der Waals surface area contributed by atoms with Crippen molar-refractivity contribution in [2.45, 2.75) is 12.8 Å². The van der Waals surface area contributed by atoms with Gasteiger partial charge in [-0.1, -0.05) is 18.2 Å². The fourth-order valence-corrected chi connectivity index (χ4v) is 2.94. The molecule has 2 aliphatic rings. The maximum atomic E-state index is 12.5. The first-order valence-electron chi connectivity index (χ1n) is 6.84. The van der Waals surface area contributed by atoms with E-state index in [0.717, 1.165) is 0 Å². The van der Waals surface area contributed by atoms with Gasteiger partial charge in [-0.15, -0.1) is 0 Å². The zero-order chi connectivity index (χ0) is 15.0. The molecule has 2 amide bonds. The largest absolute Gasteiger partial charge is 0.465 e. The van der Waals surface area contributed by atoms with E-state index in [2.05, 4.69) is 4.74 Å². The van der Waals surface area contributed by atoms with Crippen molar-refractivity contribution in [1.82, 2.24) is 0 Å². The summed E-state index contributed by atoms with van der Waals surface area (Å²) in [6, 6.07) is 6.41. The lowest BCUT2D eigenvalue weighted by Gasteiger charge is -2.15. The Morgan fingerprint density at radius 3 is 2.33 bits per heavy atom. The Hall–Kier alpha value is -2.43. The van der Waals surface area contributed by atoms with Crippen molar-refractivity contribution in [3.63, 3.8) is 0 Å². The fourth-order valence-electron chi connectivity index (χ4n) is 2.94. The smallest absolute Gasteiger partial charge is 0.337 e. The molecule has 0 N–H and O–H groups in total. The third-order valence-corrected chi connectivity index (χ3v) is 4.03. The zero-order valence-corrected chi connectivity index (χ0v) is 11.6. The molecule has 108 valence electrons. The Balaban J connectivity index is 1.96. The monoisotopic (exact) mass is 285 g/mol. The number of ether oxygens (including phenoxy) is 1. The average Bonchev–Trinajstić information content (AvgIpc) is 2.78. The normalized spacial score (nSPS) is 24.1. The van der Waals surface area contributed by atoms with Crippen LogP contribution in [0.4, 0.5) is 5.69 Å². The van der Waals surface area contributed by atoms with E-state index in [9.17, 15) is 14.4 Å². The van der Waals surface area contributed by atoms with E-state index in [1.54, 1.807) is 18.2 Å². The number of benzene rings is 1. The van der Waals surface area contributed by atoms with Crippen LogP contribution in [0.5, 0.6) is 0 Å². The molecule has 1 fully saturated rings. The van der Waals surface area contributed by atoms with Gasteiger partial charge in [0.2, 0.25) is 11.8 Å². The number of anilines is 1. The second-order valence-electron chi connectivity index (χ2n) is 5.21. The molecule has 0 unspecified atom stereocenters. The van der Waals surface area contributed by atoms with E-state index in [0.29, 0.717) is 24.1 Å². The number of fused-ring (bicyclic) bond motifs is 1. The standard InChI is InChI=1S/C16H15NO4/c1-21-16(20)10-5-4-6-11(9-10)17-14(18)12-7-2-3-8-13(12)15(17)19/h2-6,9,12-13H,7-8H2,1H3/t12-,13-/m0/s1. The van der Waals surface area contributed by atoms with Crippen molar-refractivity contribution in [2.24, 2.45) is 11.8 Å². The van der Waals surface area contributed by atoms with E-state index >= 15 is 0 Å². The molecule has 0 radical (unpaired) electrons. The van der Waals surface area contributed by atoms with Gasteiger partial charge in [-0.2, -0.15) is 0 Å². The maximum absolute atomic E-state index is 12.5. The summed E-state index contributed by atoms with van der Waals surface area (Å²) >= 11 is 0. The van der Waals surface area contributed by atoms with E-state index in [1.165, 1.54) is 18.1 Å². The van der Waals surface area contributed by atoms with E-state index in [-0.39, 0.29) is 23.7 Å². The zero-order valence-electron chi connectivity index (χ0n) is 11.6. The van der Waals surface area contributed by atoms with Crippen LogP contribution in [0.3, 0.4) is 0 Å². The van der Waals surface area contributed by atoms with Gasteiger partial charge in [-0.25, -0.2) is 4.79 Å². The third kappa shape index (κ3) is 2.14. The molecule has 1 aliphatic heterocycles. The van der Waals surface area contributed by atoms with E-state index in [1.807, 2.05) is 12.2 Å². The van der Waals surface area contributed by atoms with Crippen molar-refractivity contribution in [3.8, 4) is 0 Å². The van der Waals surface area contributed by atoms with Gasteiger partial charge in [0.1, 0.15) is 0 Å². The number of nitrogens with zero attached hydrogens (tertiary/aromatic N) is 1. The highest BCUT2D eigenvalue weighted by Crippen LogP contribution is 2.37. The molecule has 5 nitrogen and oxygen atoms in total. The molecular formula is C16H15NO4. The molecule has 21 heavy (non-hydrogen) atoms. The Morgan fingerprint density at radius 1 is 1.14 bits per heavy atom. The molecule has 2 atom stereocenters. The summed E-state index contributed by atoms with van der Waals surface area (Å²) in [5, 5.41) is 0. The van der Waals surface area contributed by atoms with Crippen molar-refractivity contribution in [3.05, 3.63) is 42.0 Å². The van der Waals surface area contributed by atoms with Crippen LogP contribution in [0.15, 0.2) is 36.4 Å². The number of imide groups is 1. The predicted octanol–water partition coefficient (Wildman–Crippen LogP) is 1.93. The van der Waals surface area contributed by atoms with Crippen molar-refractivity contribution in [1.29, 1.82) is 0 Å². The van der Waals surface area contributed by atoms with Gasteiger partial charge in [0, 0.05) is 0 Å². The molecule has 0 bridgehead atoms. The summed E-state index contributed by atoms with van der Waals surface area (Å²) in [5.41, 5.74) is 0.755. The van der Waals surface area contributed by atoms with Gasteiger partial charge in [-0.3, -0.25) is 14.5 Å². The highest BCUT2D eigenvalue weighted by Gasteiger charge is 2.47. The van der Waals surface area contributed by atoms with Crippen LogP contribution in [0, 0.1) is 11.8 Å². The number of methoxy groups -OCH3 is 1. The molecule has 0 spiro atoms. The quantitative estimate of drug-likeness (QED) is 0.473. The fraction of sp³-hybridized carbons (Fsp3) is 0.312. The molecule has 3 rings (SSSR count). The van der Waals surface area contributed by atoms with Gasteiger partial charge >= 0.3 is 5.97 Å².